The number of hydrogen-bond donors (Lipinski definition) is 0. The van der Waals surface area contributed by atoms with E-state index in [2.05, 4.69) is 21.7 Å². The molecular formula is C18H16N2O. The second-order valence-electron chi connectivity index (χ2n) is 5.62. The van der Waals surface area contributed by atoms with Crippen LogP contribution in [0.1, 0.15) is 34.6 Å². The van der Waals surface area contributed by atoms with Crippen molar-refractivity contribution in [2.45, 2.75) is 26.2 Å². The fourth-order valence-electron chi connectivity index (χ4n) is 3.24. The van der Waals surface area contributed by atoms with E-state index in [4.69, 9.17) is 0 Å². The molecule has 1 aromatic carbocycles. The molecule has 104 valence electrons. The third-order valence-electron chi connectivity index (χ3n) is 4.19. The van der Waals surface area contributed by atoms with Gasteiger partial charge in [0.25, 0.3) is 0 Å². The topological polar surface area (TPSA) is 34.9 Å². The Morgan fingerprint density at radius 2 is 2.00 bits per heavy atom. The molecule has 0 saturated heterocycles. The van der Waals surface area contributed by atoms with Crippen molar-refractivity contribution in [2.24, 2.45) is 0 Å². The smallest absolute Gasteiger partial charge is 0.164 e. The quantitative estimate of drug-likeness (QED) is 0.676. The van der Waals surface area contributed by atoms with Crippen molar-refractivity contribution in [3.05, 3.63) is 59.5 Å². The number of carbonyl (C=O) groups is 1. The van der Waals surface area contributed by atoms with Crippen LogP contribution < -0.4 is 0 Å². The summed E-state index contributed by atoms with van der Waals surface area (Å²) in [6.45, 7) is 2.01. The minimum absolute atomic E-state index is 0.269. The first-order chi connectivity index (χ1) is 10.2. The van der Waals surface area contributed by atoms with Crippen LogP contribution in [0.2, 0.25) is 0 Å². The molecule has 2 aromatic heterocycles. The van der Waals surface area contributed by atoms with Crippen LogP contribution in [0, 0.1) is 6.92 Å². The van der Waals surface area contributed by atoms with Crippen LogP contribution in [0.4, 0.5) is 0 Å². The zero-order valence-corrected chi connectivity index (χ0v) is 12.0. The van der Waals surface area contributed by atoms with Crippen molar-refractivity contribution < 1.29 is 4.79 Å². The average molecular weight is 276 g/mol. The van der Waals surface area contributed by atoms with Crippen molar-refractivity contribution in [2.75, 3.05) is 0 Å². The highest BCUT2D eigenvalue weighted by Crippen LogP contribution is 2.29. The third-order valence-corrected chi connectivity index (χ3v) is 4.19. The zero-order chi connectivity index (χ0) is 14.4. The Labute approximate surface area is 123 Å². The Hall–Kier alpha value is -2.42. The minimum atomic E-state index is 0.269. The second-order valence-corrected chi connectivity index (χ2v) is 5.62. The molecule has 3 aromatic rings. The molecule has 1 aliphatic carbocycles. The highest BCUT2D eigenvalue weighted by molar-refractivity contribution is 5.98. The Kier molecular flexibility index (Phi) is 2.67. The third kappa shape index (κ3) is 1.88. The van der Waals surface area contributed by atoms with Crippen LogP contribution in [0.3, 0.4) is 0 Å². The van der Waals surface area contributed by atoms with Crippen molar-refractivity contribution in [3.63, 3.8) is 0 Å². The Morgan fingerprint density at radius 1 is 1.14 bits per heavy atom. The molecule has 0 radical (unpaired) electrons. The first-order valence-corrected chi connectivity index (χ1v) is 7.34. The van der Waals surface area contributed by atoms with Gasteiger partial charge in [0.15, 0.2) is 5.78 Å². The molecule has 0 bridgehead atoms. The molecule has 0 spiro atoms. The van der Waals surface area contributed by atoms with Crippen LogP contribution in [-0.4, -0.2) is 15.3 Å². The number of rotatable bonds is 1. The molecule has 21 heavy (non-hydrogen) atoms. The van der Waals surface area contributed by atoms with E-state index in [1.165, 1.54) is 0 Å². The molecule has 3 heteroatoms. The summed E-state index contributed by atoms with van der Waals surface area (Å²) in [4.78, 5) is 16.6. The predicted octanol–water partition coefficient (Wildman–Crippen LogP) is 3.85. The van der Waals surface area contributed by atoms with Crippen molar-refractivity contribution in [1.82, 2.24) is 9.55 Å². The summed E-state index contributed by atoms with van der Waals surface area (Å²) in [5.41, 5.74) is 5.14. The summed E-state index contributed by atoms with van der Waals surface area (Å²) in [6.07, 6.45) is 4.60. The van der Waals surface area contributed by atoms with Crippen molar-refractivity contribution in [3.8, 4) is 5.69 Å². The molecule has 0 N–H and O–H groups in total. The van der Waals surface area contributed by atoms with Gasteiger partial charge in [-0.05, 0) is 38.0 Å². The number of para-hydroxylation sites is 1. The highest BCUT2D eigenvalue weighted by atomic mass is 16.1. The van der Waals surface area contributed by atoms with Gasteiger partial charge in [-0.15, -0.1) is 0 Å². The van der Waals surface area contributed by atoms with Gasteiger partial charge in [0.05, 0.1) is 11.2 Å². The average Bonchev–Trinajstić information content (AvgIpc) is 2.91. The van der Waals surface area contributed by atoms with Crippen LogP contribution in [-0.2, 0) is 6.42 Å². The first kappa shape index (κ1) is 12.3. The molecule has 0 saturated carbocycles. The molecule has 0 atom stereocenters. The van der Waals surface area contributed by atoms with Gasteiger partial charge in [0.2, 0.25) is 0 Å². The summed E-state index contributed by atoms with van der Waals surface area (Å²) in [5, 5.41) is 1.12. The minimum Gasteiger partial charge on any atom is -0.319 e. The number of aryl methyl sites for hydroxylation is 1. The lowest BCUT2D eigenvalue weighted by Gasteiger charge is -2.16. The van der Waals surface area contributed by atoms with E-state index in [-0.39, 0.29) is 5.78 Å². The van der Waals surface area contributed by atoms with Gasteiger partial charge >= 0.3 is 0 Å². The molecule has 0 unspecified atom stereocenters. The van der Waals surface area contributed by atoms with E-state index in [1.807, 2.05) is 37.4 Å². The maximum atomic E-state index is 12.0. The van der Waals surface area contributed by atoms with Gasteiger partial charge in [0, 0.05) is 35.0 Å². The number of carbonyl (C=O) groups excluding carboxylic acids is 1. The SMILES string of the molecule is Cc1cc(-n2ccc3c2CCCC3=O)c2ccccc2n1. The maximum absolute atomic E-state index is 12.0. The number of hydrogen-bond acceptors (Lipinski definition) is 2. The number of ketones is 1. The predicted molar refractivity (Wildman–Crippen MR) is 83.1 cm³/mol. The molecular weight excluding hydrogens is 260 g/mol. The maximum Gasteiger partial charge on any atom is 0.164 e. The lowest BCUT2D eigenvalue weighted by Crippen LogP contribution is -2.12. The van der Waals surface area contributed by atoms with E-state index in [0.717, 1.165) is 46.4 Å². The van der Waals surface area contributed by atoms with Gasteiger partial charge in [-0.2, -0.15) is 0 Å². The number of pyridine rings is 1. The van der Waals surface area contributed by atoms with Crippen LogP contribution in [0.15, 0.2) is 42.6 Å². The van der Waals surface area contributed by atoms with Crippen LogP contribution in [0.25, 0.3) is 16.6 Å². The van der Waals surface area contributed by atoms with Gasteiger partial charge < -0.3 is 4.57 Å². The zero-order valence-electron chi connectivity index (χ0n) is 12.0. The first-order valence-electron chi connectivity index (χ1n) is 7.34. The molecule has 0 fully saturated rings. The van der Waals surface area contributed by atoms with E-state index >= 15 is 0 Å². The van der Waals surface area contributed by atoms with Crippen molar-refractivity contribution in [1.29, 1.82) is 0 Å². The lowest BCUT2D eigenvalue weighted by molar-refractivity contribution is 0.0972. The summed E-state index contributed by atoms with van der Waals surface area (Å²) in [7, 11) is 0. The van der Waals surface area contributed by atoms with E-state index in [9.17, 15) is 4.79 Å². The van der Waals surface area contributed by atoms with Crippen LogP contribution in [0.5, 0.6) is 0 Å². The molecule has 3 nitrogen and oxygen atoms in total. The Balaban J connectivity index is 2.01. The Bertz CT molecular complexity index is 861. The number of aromatic nitrogens is 2. The Morgan fingerprint density at radius 3 is 2.90 bits per heavy atom. The van der Waals surface area contributed by atoms with Gasteiger partial charge in [0.1, 0.15) is 0 Å². The molecule has 0 aliphatic heterocycles. The second kappa shape index (κ2) is 4.55. The molecule has 2 heterocycles. The van der Waals surface area contributed by atoms with Crippen molar-refractivity contribution >= 4 is 16.7 Å². The summed E-state index contributed by atoms with van der Waals surface area (Å²) in [6, 6.07) is 12.2. The molecule has 4 rings (SSSR count). The highest BCUT2D eigenvalue weighted by Gasteiger charge is 2.21. The number of benzene rings is 1. The standard InChI is InChI=1S/C18H16N2O/c1-12-11-17(13-5-2-3-6-15(13)19-12)20-10-9-14-16(20)7-4-8-18(14)21/h2-3,5-6,9-11H,4,7-8H2,1H3. The fourth-order valence-corrected chi connectivity index (χ4v) is 3.24. The van der Waals surface area contributed by atoms with E-state index in [0.29, 0.717) is 6.42 Å². The largest absolute Gasteiger partial charge is 0.319 e. The lowest BCUT2D eigenvalue weighted by atomic mass is 9.96. The summed E-state index contributed by atoms with van der Waals surface area (Å²) in [5.74, 6) is 0.269. The van der Waals surface area contributed by atoms with E-state index in [1.54, 1.807) is 0 Å². The van der Waals surface area contributed by atoms with Gasteiger partial charge in [-0.3, -0.25) is 9.78 Å². The van der Waals surface area contributed by atoms with Gasteiger partial charge in [-0.25, -0.2) is 0 Å². The summed E-state index contributed by atoms with van der Waals surface area (Å²) >= 11 is 0. The molecule has 0 amide bonds. The van der Waals surface area contributed by atoms with Crippen LogP contribution >= 0.6 is 0 Å². The number of Topliss-reactive ketones (excluding diaryl/α,β-unsaturated/α-hetero) is 1. The summed E-state index contributed by atoms with van der Waals surface area (Å²) < 4.78 is 2.17. The van der Waals surface area contributed by atoms with Gasteiger partial charge in [-0.1, -0.05) is 18.2 Å². The molecule has 1 aliphatic rings. The number of fused-ring (bicyclic) bond motifs is 2. The van der Waals surface area contributed by atoms with E-state index < -0.39 is 0 Å². The number of nitrogens with zero attached hydrogens (tertiary/aromatic N) is 2. The monoisotopic (exact) mass is 276 g/mol. The fraction of sp³-hybridized carbons (Fsp3) is 0.222. The normalized spacial score (nSPS) is 14.4.